The zero-order valence-electron chi connectivity index (χ0n) is 30.2. The summed E-state index contributed by atoms with van der Waals surface area (Å²) in [5.74, 6) is 0.850. The predicted molar refractivity (Wildman–Crippen MR) is 227 cm³/mol. The quantitative estimate of drug-likeness (QED) is 0.161. The molecule has 2 N–H and O–H groups in total. The van der Waals surface area contributed by atoms with Gasteiger partial charge in [0, 0.05) is 29.4 Å². The molecule has 0 amide bonds. The number of aryl methyl sites for hydroxylation is 1. The van der Waals surface area contributed by atoms with Crippen LogP contribution in [0.15, 0.2) is 194 Å². The number of benzene rings is 7. The first-order valence-electron chi connectivity index (χ1n) is 18.5. The highest BCUT2D eigenvalue weighted by Gasteiger charge is 2.44. The largest absolute Gasteiger partial charge is 0.475 e. The van der Waals surface area contributed by atoms with Gasteiger partial charge in [-0.3, -0.25) is 0 Å². The van der Waals surface area contributed by atoms with E-state index in [9.17, 15) is 0 Å². The van der Waals surface area contributed by atoms with Gasteiger partial charge in [0.25, 0.3) is 0 Å². The van der Waals surface area contributed by atoms with Crippen LogP contribution in [0, 0.1) is 6.92 Å². The highest BCUT2D eigenvalue weighted by atomic mass is 15.4. The molecule has 0 saturated heterocycles. The van der Waals surface area contributed by atoms with Gasteiger partial charge in [0.15, 0.2) is 0 Å². The van der Waals surface area contributed by atoms with Crippen molar-refractivity contribution < 1.29 is 0 Å². The molecule has 1 aliphatic rings. The lowest BCUT2D eigenvalue weighted by Crippen LogP contribution is -2.52. The first-order valence-corrected chi connectivity index (χ1v) is 18.5. The zero-order valence-corrected chi connectivity index (χ0v) is 30.2. The van der Waals surface area contributed by atoms with Crippen molar-refractivity contribution in [1.82, 2.24) is 4.98 Å². The van der Waals surface area contributed by atoms with Crippen molar-refractivity contribution in [2.75, 3.05) is 9.62 Å². The second-order valence-corrected chi connectivity index (χ2v) is 13.8. The number of hydrogen-bond acceptors (Lipinski definition) is 4. The van der Waals surface area contributed by atoms with Crippen molar-refractivity contribution in [3.05, 3.63) is 211 Å². The molecule has 0 bridgehead atoms. The van der Waals surface area contributed by atoms with E-state index in [1.165, 1.54) is 27.8 Å². The Morgan fingerprint density at radius 3 is 1.44 bits per heavy atom. The van der Waals surface area contributed by atoms with Gasteiger partial charge in [-0.2, -0.15) is 0 Å². The summed E-state index contributed by atoms with van der Waals surface area (Å²) >= 11 is 0. The molecule has 8 aromatic rings. The van der Waals surface area contributed by atoms with Gasteiger partial charge >= 0.3 is 7.12 Å². The summed E-state index contributed by atoms with van der Waals surface area (Å²) in [5, 5.41) is 0. The topological polar surface area (TPSA) is 45.4 Å². The maximum atomic E-state index is 7.62. The molecule has 0 radical (unpaired) electrons. The van der Waals surface area contributed by atoms with Crippen molar-refractivity contribution >= 4 is 30.0 Å². The van der Waals surface area contributed by atoms with Gasteiger partial charge in [-0.15, -0.1) is 0 Å². The number of fused-ring (bicyclic) bond motifs is 1. The summed E-state index contributed by atoms with van der Waals surface area (Å²) in [6, 6.07) is 66.5. The fourth-order valence-electron chi connectivity index (χ4n) is 8.06. The van der Waals surface area contributed by atoms with Crippen LogP contribution in [0.1, 0.15) is 16.7 Å². The fraction of sp³-hybridized carbons (Fsp3) is 0.0408. The molecule has 0 fully saturated rings. The second-order valence-electron chi connectivity index (χ2n) is 13.8. The normalized spacial score (nSPS) is 12.2. The summed E-state index contributed by atoms with van der Waals surface area (Å²) < 4.78 is 0. The lowest BCUT2D eigenvalue weighted by atomic mass is 9.85. The van der Waals surface area contributed by atoms with Crippen molar-refractivity contribution in [3.8, 4) is 44.5 Å². The van der Waals surface area contributed by atoms with E-state index in [1.54, 1.807) is 0 Å². The molecule has 54 heavy (non-hydrogen) atoms. The van der Waals surface area contributed by atoms with Gasteiger partial charge in [-0.25, -0.2) is 4.98 Å². The van der Waals surface area contributed by atoms with Crippen LogP contribution in [0.3, 0.4) is 0 Å². The molecule has 2 heterocycles. The number of aromatic nitrogens is 1. The second kappa shape index (κ2) is 14.4. The SMILES string of the molecule is Cc1cccc2c1N(c1ncccc1Cc1c(-c3ccccc3)cccc1-c1ccccc1)B(N)N2c1c(-c2ccccc2)cccc1-c1ccccc1. The van der Waals surface area contributed by atoms with Crippen LogP contribution < -0.4 is 15.3 Å². The average molecular weight is 695 g/mol. The first kappa shape index (κ1) is 33.2. The molecule has 1 aromatic heterocycles. The predicted octanol–water partition coefficient (Wildman–Crippen LogP) is 11.9. The number of pyridine rings is 1. The molecule has 0 unspecified atom stereocenters. The van der Waals surface area contributed by atoms with E-state index in [4.69, 9.17) is 10.6 Å². The third-order valence-electron chi connectivity index (χ3n) is 10.5. The highest BCUT2D eigenvalue weighted by molar-refractivity contribution is 6.70. The lowest BCUT2D eigenvalue weighted by Gasteiger charge is -2.30. The van der Waals surface area contributed by atoms with Gasteiger partial charge < -0.3 is 15.3 Å². The van der Waals surface area contributed by atoms with Crippen molar-refractivity contribution in [2.24, 2.45) is 5.64 Å². The third kappa shape index (κ3) is 5.95. The van der Waals surface area contributed by atoms with Crippen molar-refractivity contribution in [2.45, 2.75) is 13.3 Å². The Morgan fingerprint density at radius 1 is 0.463 bits per heavy atom. The van der Waals surface area contributed by atoms with Crippen LogP contribution in [0.5, 0.6) is 0 Å². The van der Waals surface area contributed by atoms with Crippen molar-refractivity contribution in [1.29, 1.82) is 0 Å². The maximum Gasteiger partial charge on any atom is 0.475 e. The molecule has 0 saturated carbocycles. The van der Waals surface area contributed by atoms with Gasteiger partial charge in [-0.1, -0.05) is 176 Å². The molecule has 258 valence electrons. The highest BCUT2D eigenvalue weighted by Crippen LogP contribution is 2.52. The van der Waals surface area contributed by atoms with Crippen LogP contribution in [-0.2, 0) is 6.42 Å². The van der Waals surface area contributed by atoms with E-state index in [1.807, 2.05) is 12.3 Å². The summed E-state index contributed by atoms with van der Waals surface area (Å²) in [4.78, 5) is 9.73. The summed E-state index contributed by atoms with van der Waals surface area (Å²) in [7, 11) is -0.583. The maximum absolute atomic E-state index is 7.62. The summed E-state index contributed by atoms with van der Waals surface area (Å²) in [6.45, 7) is 2.17. The molecule has 9 rings (SSSR count). The molecule has 0 spiro atoms. The third-order valence-corrected chi connectivity index (χ3v) is 10.5. The minimum absolute atomic E-state index is 0.583. The van der Waals surface area contributed by atoms with Crippen LogP contribution in [0.25, 0.3) is 44.5 Å². The summed E-state index contributed by atoms with van der Waals surface area (Å²) in [5.41, 5.74) is 23.6. The summed E-state index contributed by atoms with van der Waals surface area (Å²) in [6.07, 6.45) is 2.56. The van der Waals surface area contributed by atoms with Crippen LogP contribution in [0.2, 0.25) is 0 Å². The van der Waals surface area contributed by atoms with E-state index in [0.29, 0.717) is 6.42 Å². The molecular weight excluding hydrogens is 655 g/mol. The van der Waals surface area contributed by atoms with E-state index in [0.717, 1.165) is 56.3 Å². The molecule has 0 aliphatic carbocycles. The van der Waals surface area contributed by atoms with E-state index in [-0.39, 0.29) is 0 Å². The minimum atomic E-state index is -0.583. The van der Waals surface area contributed by atoms with Crippen molar-refractivity contribution in [3.63, 3.8) is 0 Å². The first-order chi connectivity index (χ1) is 26.7. The van der Waals surface area contributed by atoms with Crippen LogP contribution in [0.4, 0.5) is 22.9 Å². The Morgan fingerprint density at radius 2 is 0.926 bits per heavy atom. The number of para-hydroxylation sites is 2. The number of nitrogens with two attached hydrogens (primary N) is 1. The van der Waals surface area contributed by atoms with Gasteiger partial charge in [0.05, 0.1) is 11.4 Å². The van der Waals surface area contributed by atoms with E-state index >= 15 is 0 Å². The molecule has 7 aromatic carbocycles. The van der Waals surface area contributed by atoms with E-state index in [2.05, 4.69) is 199 Å². The Balaban J connectivity index is 1.23. The molecule has 5 heteroatoms. The molecule has 0 atom stereocenters. The van der Waals surface area contributed by atoms with Gasteiger partial charge in [0.1, 0.15) is 5.82 Å². The Kier molecular flexibility index (Phi) is 8.84. The minimum Gasteiger partial charge on any atom is -0.349 e. The Bertz CT molecular complexity index is 2440. The van der Waals surface area contributed by atoms with Gasteiger partial charge in [-0.05, 0) is 69.1 Å². The monoisotopic (exact) mass is 694 g/mol. The Hall–Kier alpha value is -6.69. The fourth-order valence-corrected chi connectivity index (χ4v) is 8.06. The standard InChI is InChI=1S/C49H39BN4/c1-35-18-14-32-46-47(35)54(50(51)53(46)48-43(38-23-10-4-11-24-38)30-16-31-44(48)39-25-12-5-13-26-39)49-40(27-17-33-52-49)34-45-41(36-19-6-2-7-20-36)28-15-29-42(45)37-21-8-3-9-22-37/h2-33H,34,51H2,1H3. The average Bonchev–Trinajstić information content (AvgIpc) is 3.54. The smallest absolute Gasteiger partial charge is 0.349 e. The van der Waals surface area contributed by atoms with Gasteiger partial charge in [0.2, 0.25) is 0 Å². The van der Waals surface area contributed by atoms with Crippen LogP contribution >= 0.6 is 0 Å². The zero-order chi connectivity index (χ0) is 36.4. The Labute approximate surface area is 318 Å². The number of rotatable bonds is 8. The van der Waals surface area contributed by atoms with Crippen LogP contribution in [-0.4, -0.2) is 12.1 Å². The number of hydrogen-bond donors (Lipinski definition) is 1. The lowest BCUT2D eigenvalue weighted by molar-refractivity contribution is 1.11. The molecule has 1 aliphatic heterocycles. The van der Waals surface area contributed by atoms with E-state index < -0.39 is 7.12 Å². The number of anilines is 4. The molecule has 4 nitrogen and oxygen atoms in total. The number of nitrogens with zero attached hydrogens (tertiary/aromatic N) is 3. The molecular formula is C49H39BN4.